The fourth-order valence-electron chi connectivity index (χ4n) is 2.60. The van der Waals surface area contributed by atoms with E-state index >= 15 is 0 Å². The maximum absolute atomic E-state index is 13.3. The van der Waals surface area contributed by atoms with Gasteiger partial charge in [0.2, 0.25) is 5.78 Å². The van der Waals surface area contributed by atoms with Crippen LogP contribution in [0.3, 0.4) is 0 Å². The lowest BCUT2D eigenvalue weighted by Crippen LogP contribution is -2.04. The molecule has 2 nitrogen and oxygen atoms in total. The molecule has 0 atom stereocenters. The Morgan fingerprint density at radius 2 is 1.81 bits per heavy atom. The van der Waals surface area contributed by atoms with Gasteiger partial charge < -0.3 is 4.42 Å². The fraction of sp³-hybridized carbons (Fsp3) is 0.167. The maximum atomic E-state index is 13.3. The lowest BCUT2D eigenvalue weighted by Gasteiger charge is -2.04. The molecule has 0 aliphatic heterocycles. The molecule has 106 valence electrons. The highest BCUT2D eigenvalue weighted by molar-refractivity contribution is 6.11. The first-order valence-electron chi connectivity index (χ1n) is 6.78. The normalized spacial score (nSPS) is 11.0. The largest absolute Gasteiger partial charge is 0.452 e. The Bertz CT molecular complexity index is 859. The molecule has 1 heterocycles. The third-order valence-corrected chi connectivity index (χ3v) is 3.73. The van der Waals surface area contributed by atoms with Crippen LogP contribution in [-0.2, 0) is 0 Å². The summed E-state index contributed by atoms with van der Waals surface area (Å²) in [6.45, 7) is 5.66. The van der Waals surface area contributed by atoms with E-state index in [4.69, 9.17) is 4.42 Å². The summed E-state index contributed by atoms with van der Waals surface area (Å²) in [6, 6.07) is 9.95. The molecule has 1 aromatic heterocycles. The maximum Gasteiger partial charge on any atom is 0.228 e. The summed E-state index contributed by atoms with van der Waals surface area (Å²) in [4.78, 5) is 12.7. The molecule has 21 heavy (non-hydrogen) atoms. The van der Waals surface area contributed by atoms with Gasteiger partial charge in [-0.05, 0) is 44.5 Å². The van der Waals surface area contributed by atoms with Crippen LogP contribution in [0, 0.1) is 26.6 Å². The van der Waals surface area contributed by atoms with Crippen molar-refractivity contribution in [2.45, 2.75) is 20.8 Å². The van der Waals surface area contributed by atoms with Gasteiger partial charge in [0, 0.05) is 16.5 Å². The highest BCUT2D eigenvalue weighted by Gasteiger charge is 2.20. The molecule has 0 saturated heterocycles. The first kappa shape index (κ1) is 13.6. The summed E-state index contributed by atoms with van der Waals surface area (Å²) >= 11 is 0. The van der Waals surface area contributed by atoms with Crippen molar-refractivity contribution in [3.05, 3.63) is 70.2 Å². The smallest absolute Gasteiger partial charge is 0.228 e. The van der Waals surface area contributed by atoms with Crippen molar-refractivity contribution in [3.8, 4) is 0 Å². The molecular weight excluding hydrogens is 267 g/mol. The molecular formula is C18H15FO2. The van der Waals surface area contributed by atoms with Crippen molar-refractivity contribution in [1.29, 1.82) is 0 Å². The number of carbonyl (C=O) groups excluding carboxylic acids is 1. The standard InChI is InChI=1S/C18H15FO2/c1-10-4-6-14(11(2)8-10)17(20)18-12(3)15-9-13(19)5-7-16(15)21-18/h4-9H,1-3H3. The van der Waals surface area contributed by atoms with Crippen LogP contribution in [-0.4, -0.2) is 5.78 Å². The molecule has 3 rings (SSSR count). The van der Waals surface area contributed by atoms with Gasteiger partial charge in [-0.15, -0.1) is 0 Å². The molecule has 0 radical (unpaired) electrons. The van der Waals surface area contributed by atoms with Gasteiger partial charge in [0.25, 0.3) is 0 Å². The molecule has 0 unspecified atom stereocenters. The first-order chi connectivity index (χ1) is 9.97. The number of halogens is 1. The number of fused-ring (bicyclic) bond motifs is 1. The zero-order chi connectivity index (χ0) is 15.1. The minimum absolute atomic E-state index is 0.165. The van der Waals surface area contributed by atoms with Gasteiger partial charge >= 0.3 is 0 Å². The number of ketones is 1. The third kappa shape index (κ3) is 2.25. The van der Waals surface area contributed by atoms with Gasteiger partial charge in [-0.25, -0.2) is 4.39 Å². The van der Waals surface area contributed by atoms with E-state index in [-0.39, 0.29) is 17.4 Å². The average Bonchev–Trinajstić information content (AvgIpc) is 2.75. The molecule has 0 spiro atoms. The van der Waals surface area contributed by atoms with Crippen LogP contribution in [0.5, 0.6) is 0 Å². The van der Waals surface area contributed by atoms with Crippen LogP contribution in [0.1, 0.15) is 32.8 Å². The number of aryl methyl sites for hydroxylation is 3. The quantitative estimate of drug-likeness (QED) is 0.636. The second kappa shape index (κ2) is 4.85. The SMILES string of the molecule is Cc1ccc(C(=O)c2oc3ccc(F)cc3c2C)c(C)c1. The van der Waals surface area contributed by atoms with Crippen molar-refractivity contribution < 1.29 is 13.6 Å². The zero-order valence-electron chi connectivity index (χ0n) is 12.2. The second-order valence-corrected chi connectivity index (χ2v) is 5.34. The number of hydrogen-bond donors (Lipinski definition) is 0. The van der Waals surface area contributed by atoms with E-state index in [1.165, 1.54) is 12.1 Å². The summed E-state index contributed by atoms with van der Waals surface area (Å²) in [5.41, 5.74) is 3.83. The Morgan fingerprint density at radius 3 is 2.52 bits per heavy atom. The van der Waals surface area contributed by atoms with Gasteiger partial charge in [0.05, 0.1) is 0 Å². The predicted molar refractivity (Wildman–Crippen MR) is 80.3 cm³/mol. The van der Waals surface area contributed by atoms with Crippen molar-refractivity contribution in [2.75, 3.05) is 0 Å². The predicted octanol–water partition coefficient (Wildman–Crippen LogP) is 4.73. The molecule has 2 aromatic carbocycles. The molecule has 3 aromatic rings. The minimum Gasteiger partial charge on any atom is -0.452 e. The Hall–Kier alpha value is -2.42. The van der Waals surface area contributed by atoms with Gasteiger partial charge in [0.15, 0.2) is 5.76 Å². The Balaban J connectivity index is 2.15. The third-order valence-electron chi connectivity index (χ3n) is 3.73. The number of benzene rings is 2. The fourth-order valence-corrected chi connectivity index (χ4v) is 2.60. The first-order valence-corrected chi connectivity index (χ1v) is 6.78. The van der Waals surface area contributed by atoms with E-state index in [0.717, 1.165) is 11.1 Å². The summed E-state index contributed by atoms with van der Waals surface area (Å²) < 4.78 is 19.0. The Labute approximate surface area is 122 Å². The van der Waals surface area contributed by atoms with Crippen LogP contribution < -0.4 is 0 Å². The number of carbonyl (C=O) groups is 1. The summed E-state index contributed by atoms with van der Waals surface area (Å²) in [6.07, 6.45) is 0. The van der Waals surface area contributed by atoms with E-state index in [2.05, 4.69) is 0 Å². The lowest BCUT2D eigenvalue weighted by atomic mass is 9.99. The highest BCUT2D eigenvalue weighted by atomic mass is 19.1. The monoisotopic (exact) mass is 282 g/mol. The van der Waals surface area contributed by atoms with Crippen LogP contribution >= 0.6 is 0 Å². The number of furan rings is 1. The Kier molecular flexibility index (Phi) is 3.13. The molecule has 0 amide bonds. The molecule has 0 aliphatic rings. The van der Waals surface area contributed by atoms with Gasteiger partial charge in [-0.3, -0.25) is 4.79 Å². The van der Waals surface area contributed by atoms with Crippen LogP contribution in [0.2, 0.25) is 0 Å². The van der Waals surface area contributed by atoms with Crippen molar-refractivity contribution >= 4 is 16.8 Å². The number of rotatable bonds is 2. The van der Waals surface area contributed by atoms with Crippen molar-refractivity contribution in [3.63, 3.8) is 0 Å². The van der Waals surface area contributed by atoms with E-state index in [1.807, 2.05) is 26.0 Å². The minimum atomic E-state index is -0.336. The van der Waals surface area contributed by atoms with Crippen LogP contribution in [0.4, 0.5) is 4.39 Å². The summed E-state index contributed by atoms with van der Waals surface area (Å²) in [7, 11) is 0. The summed E-state index contributed by atoms with van der Waals surface area (Å²) in [5, 5.41) is 0.642. The van der Waals surface area contributed by atoms with E-state index in [9.17, 15) is 9.18 Å². The van der Waals surface area contributed by atoms with Crippen molar-refractivity contribution in [1.82, 2.24) is 0 Å². The van der Waals surface area contributed by atoms with Crippen molar-refractivity contribution in [2.24, 2.45) is 0 Å². The second-order valence-electron chi connectivity index (χ2n) is 5.34. The van der Waals surface area contributed by atoms with Crippen LogP contribution in [0.15, 0.2) is 40.8 Å². The summed E-state index contributed by atoms with van der Waals surface area (Å²) in [5.74, 6) is -0.221. The van der Waals surface area contributed by atoms with Gasteiger partial charge in [0.1, 0.15) is 11.4 Å². The number of hydrogen-bond acceptors (Lipinski definition) is 2. The average molecular weight is 282 g/mol. The topological polar surface area (TPSA) is 30.2 Å². The zero-order valence-corrected chi connectivity index (χ0v) is 12.2. The van der Waals surface area contributed by atoms with E-state index in [1.54, 1.807) is 19.1 Å². The molecule has 0 fully saturated rings. The van der Waals surface area contributed by atoms with Crippen LogP contribution in [0.25, 0.3) is 11.0 Å². The Morgan fingerprint density at radius 1 is 1.05 bits per heavy atom. The molecule has 0 saturated carbocycles. The molecule has 0 aliphatic carbocycles. The van der Waals surface area contributed by atoms with Gasteiger partial charge in [-0.2, -0.15) is 0 Å². The van der Waals surface area contributed by atoms with E-state index in [0.29, 0.717) is 22.1 Å². The van der Waals surface area contributed by atoms with E-state index < -0.39 is 0 Å². The lowest BCUT2D eigenvalue weighted by molar-refractivity contribution is 0.101. The molecule has 3 heteroatoms. The molecule has 0 bridgehead atoms. The highest BCUT2D eigenvalue weighted by Crippen LogP contribution is 2.28. The van der Waals surface area contributed by atoms with Gasteiger partial charge in [-0.1, -0.05) is 23.8 Å². The molecule has 0 N–H and O–H groups in total.